The van der Waals surface area contributed by atoms with E-state index < -0.39 is 0 Å². The second-order valence-electron chi connectivity index (χ2n) is 4.80. The highest BCUT2D eigenvalue weighted by molar-refractivity contribution is 9.10. The van der Waals surface area contributed by atoms with Crippen molar-refractivity contribution < 1.29 is 9.59 Å². The van der Waals surface area contributed by atoms with Crippen molar-refractivity contribution >= 4 is 55.0 Å². The van der Waals surface area contributed by atoms with Crippen LogP contribution in [0.4, 0.5) is 11.4 Å². The van der Waals surface area contributed by atoms with Gasteiger partial charge in [-0.05, 0) is 58.7 Å². The van der Waals surface area contributed by atoms with E-state index in [1.807, 2.05) is 6.92 Å². The molecule has 0 unspecified atom stereocenters. The number of nitrogens with two attached hydrogens (primary N) is 1. The van der Waals surface area contributed by atoms with Crippen molar-refractivity contribution in [3.63, 3.8) is 0 Å². The molecule has 2 aromatic carbocycles. The summed E-state index contributed by atoms with van der Waals surface area (Å²) >= 11 is 6.71. The second-order valence-corrected chi connectivity index (χ2v) is 6.57. The Balaban J connectivity index is 2.16. The van der Waals surface area contributed by atoms with Crippen LogP contribution in [0.5, 0.6) is 0 Å². The number of amides is 2. The van der Waals surface area contributed by atoms with Gasteiger partial charge < -0.3 is 5.73 Å². The number of nitrogen functional groups attached to an aromatic ring is 1. The van der Waals surface area contributed by atoms with Gasteiger partial charge >= 0.3 is 0 Å². The van der Waals surface area contributed by atoms with E-state index >= 15 is 0 Å². The summed E-state index contributed by atoms with van der Waals surface area (Å²) < 4.78 is 1.41. The Kier molecular flexibility index (Phi) is 3.37. The van der Waals surface area contributed by atoms with Crippen molar-refractivity contribution in [1.82, 2.24) is 0 Å². The van der Waals surface area contributed by atoms with Crippen molar-refractivity contribution in [2.45, 2.75) is 6.92 Å². The Labute approximate surface area is 138 Å². The van der Waals surface area contributed by atoms with E-state index in [1.165, 1.54) is 0 Å². The topological polar surface area (TPSA) is 63.4 Å². The smallest absolute Gasteiger partial charge is 0.266 e. The van der Waals surface area contributed by atoms with Gasteiger partial charge in [-0.3, -0.25) is 9.59 Å². The van der Waals surface area contributed by atoms with Gasteiger partial charge in [0.2, 0.25) is 0 Å². The highest BCUT2D eigenvalue weighted by Gasteiger charge is 2.37. The number of nitrogens with zero attached hydrogens (tertiary/aromatic N) is 1. The maximum Gasteiger partial charge on any atom is 0.266 e. The maximum atomic E-state index is 12.5. The number of carbonyl (C=O) groups excluding carboxylic acids is 2. The molecule has 0 spiro atoms. The van der Waals surface area contributed by atoms with Gasteiger partial charge in [-0.1, -0.05) is 15.9 Å². The third kappa shape index (κ3) is 2.18. The lowest BCUT2D eigenvalue weighted by Gasteiger charge is -2.17. The van der Waals surface area contributed by atoms with Gasteiger partial charge in [-0.25, -0.2) is 4.90 Å². The summed E-state index contributed by atoms with van der Waals surface area (Å²) in [7, 11) is 0. The number of aryl methyl sites for hydroxylation is 1. The largest absolute Gasteiger partial charge is 0.398 e. The first-order chi connectivity index (χ1) is 9.90. The zero-order valence-corrected chi connectivity index (χ0v) is 14.2. The van der Waals surface area contributed by atoms with Crippen LogP contribution in [0.15, 0.2) is 39.3 Å². The first-order valence-corrected chi connectivity index (χ1v) is 7.72. The minimum absolute atomic E-state index is 0.341. The summed E-state index contributed by atoms with van der Waals surface area (Å²) in [4.78, 5) is 26.2. The molecule has 2 N–H and O–H groups in total. The highest BCUT2D eigenvalue weighted by Crippen LogP contribution is 2.36. The van der Waals surface area contributed by atoms with Gasteiger partial charge in [-0.15, -0.1) is 0 Å². The van der Waals surface area contributed by atoms with Crippen molar-refractivity contribution in [3.05, 3.63) is 56.0 Å². The lowest BCUT2D eigenvalue weighted by molar-refractivity contribution is 0.0926. The van der Waals surface area contributed by atoms with Crippen LogP contribution in [0.2, 0.25) is 0 Å². The number of anilines is 2. The normalized spacial score (nSPS) is 13.8. The standard InChI is InChI=1S/C15H10Br2N2O2/c1-7-4-11(17)13(6-12(7)18)19-14(20)9-3-2-8(16)5-10(9)15(19)21/h2-6H,18H2,1H3. The molecule has 3 rings (SSSR count). The van der Waals surface area contributed by atoms with E-state index in [4.69, 9.17) is 5.73 Å². The fraction of sp³-hybridized carbons (Fsp3) is 0.0667. The van der Waals surface area contributed by atoms with Crippen LogP contribution in [-0.4, -0.2) is 11.8 Å². The molecular formula is C15H10Br2N2O2. The molecule has 1 aliphatic rings. The molecule has 4 nitrogen and oxygen atoms in total. The number of imide groups is 1. The third-order valence-corrected chi connectivity index (χ3v) is 4.55. The number of hydrogen-bond acceptors (Lipinski definition) is 3. The second kappa shape index (κ2) is 4.96. The molecule has 21 heavy (non-hydrogen) atoms. The van der Waals surface area contributed by atoms with Gasteiger partial charge in [0, 0.05) is 14.6 Å². The quantitative estimate of drug-likeness (QED) is 0.573. The average molecular weight is 410 g/mol. The summed E-state index contributed by atoms with van der Waals surface area (Å²) in [5.41, 5.74) is 8.56. The van der Waals surface area contributed by atoms with Crippen molar-refractivity contribution in [1.29, 1.82) is 0 Å². The van der Waals surface area contributed by atoms with Crippen LogP contribution < -0.4 is 10.6 Å². The van der Waals surface area contributed by atoms with E-state index in [0.29, 0.717) is 27.0 Å². The molecule has 0 bridgehead atoms. The molecule has 1 aliphatic heterocycles. The summed E-state index contributed by atoms with van der Waals surface area (Å²) in [6.45, 7) is 1.86. The minimum Gasteiger partial charge on any atom is -0.398 e. The highest BCUT2D eigenvalue weighted by atomic mass is 79.9. The number of halogens is 2. The van der Waals surface area contributed by atoms with Crippen molar-refractivity contribution in [2.24, 2.45) is 0 Å². The summed E-state index contributed by atoms with van der Waals surface area (Å²) in [6.07, 6.45) is 0. The predicted octanol–water partition coefficient (Wildman–Crippen LogP) is 3.90. The third-order valence-electron chi connectivity index (χ3n) is 3.43. The Bertz CT molecular complexity index is 803. The fourth-order valence-corrected chi connectivity index (χ4v) is 3.28. The molecule has 0 aromatic heterocycles. The van der Waals surface area contributed by atoms with E-state index in [1.54, 1.807) is 30.3 Å². The Morgan fingerprint density at radius 3 is 2.38 bits per heavy atom. The summed E-state index contributed by atoms with van der Waals surface area (Å²) in [6, 6.07) is 8.47. The minimum atomic E-state index is -0.347. The van der Waals surface area contributed by atoms with E-state index in [-0.39, 0.29) is 11.8 Å². The molecule has 106 valence electrons. The molecule has 6 heteroatoms. The monoisotopic (exact) mass is 408 g/mol. The van der Waals surface area contributed by atoms with Crippen LogP contribution in [-0.2, 0) is 0 Å². The van der Waals surface area contributed by atoms with Crippen LogP contribution in [0, 0.1) is 6.92 Å². The maximum absolute atomic E-state index is 12.5. The van der Waals surface area contributed by atoms with Gasteiger partial charge in [0.05, 0.1) is 16.8 Å². The van der Waals surface area contributed by atoms with E-state index in [2.05, 4.69) is 31.9 Å². The van der Waals surface area contributed by atoms with Gasteiger partial charge in [0.15, 0.2) is 0 Å². The molecule has 0 fully saturated rings. The van der Waals surface area contributed by atoms with Gasteiger partial charge in [0.25, 0.3) is 11.8 Å². The van der Waals surface area contributed by atoms with E-state index in [9.17, 15) is 9.59 Å². The van der Waals surface area contributed by atoms with Crippen molar-refractivity contribution in [3.8, 4) is 0 Å². The van der Waals surface area contributed by atoms with Crippen LogP contribution in [0.1, 0.15) is 26.3 Å². The predicted molar refractivity (Wildman–Crippen MR) is 88.6 cm³/mol. The number of fused-ring (bicyclic) bond motifs is 1. The number of benzene rings is 2. The molecule has 0 atom stereocenters. The molecular weight excluding hydrogens is 400 g/mol. The first-order valence-electron chi connectivity index (χ1n) is 6.14. The zero-order chi connectivity index (χ0) is 15.3. The molecule has 0 saturated carbocycles. The first kappa shape index (κ1) is 14.3. The van der Waals surface area contributed by atoms with Crippen LogP contribution >= 0.6 is 31.9 Å². The molecule has 0 aliphatic carbocycles. The zero-order valence-electron chi connectivity index (χ0n) is 11.0. The molecule has 2 amide bonds. The van der Waals surface area contributed by atoms with E-state index in [0.717, 1.165) is 14.9 Å². The Morgan fingerprint density at radius 2 is 1.67 bits per heavy atom. The van der Waals surface area contributed by atoms with Gasteiger partial charge in [0.1, 0.15) is 0 Å². The lowest BCUT2D eigenvalue weighted by Crippen LogP contribution is -2.29. The number of hydrogen-bond donors (Lipinski definition) is 1. The molecule has 0 saturated heterocycles. The number of carbonyl (C=O) groups is 2. The van der Waals surface area contributed by atoms with Crippen LogP contribution in [0.3, 0.4) is 0 Å². The lowest BCUT2D eigenvalue weighted by atomic mass is 10.1. The Hall–Kier alpha value is -1.66. The van der Waals surface area contributed by atoms with Crippen molar-refractivity contribution in [2.75, 3.05) is 10.6 Å². The Morgan fingerprint density at radius 1 is 1.00 bits per heavy atom. The summed E-state index contributed by atoms with van der Waals surface area (Å²) in [5, 5.41) is 0. The number of rotatable bonds is 1. The fourth-order valence-electron chi connectivity index (χ4n) is 2.28. The van der Waals surface area contributed by atoms with Gasteiger partial charge in [-0.2, -0.15) is 0 Å². The van der Waals surface area contributed by atoms with Crippen LogP contribution in [0.25, 0.3) is 0 Å². The SMILES string of the molecule is Cc1cc(Br)c(N2C(=O)c3ccc(Br)cc3C2=O)cc1N. The molecule has 0 radical (unpaired) electrons. The molecule has 1 heterocycles. The molecule has 2 aromatic rings. The summed E-state index contributed by atoms with van der Waals surface area (Å²) in [5.74, 6) is -0.688. The average Bonchev–Trinajstić information content (AvgIpc) is 2.66.